The third-order valence-corrected chi connectivity index (χ3v) is 1.89. The third kappa shape index (κ3) is 4.62. The number of hydrogen-bond acceptors (Lipinski definition) is 3. The van der Waals surface area contributed by atoms with Crippen LogP contribution in [-0.4, -0.2) is 49.9 Å². The largest absolute Gasteiger partial charge is 0.545 e. The van der Waals surface area contributed by atoms with E-state index < -0.39 is 18.2 Å². The molecule has 0 aromatic heterocycles. The minimum atomic E-state index is -4.83. The molecule has 4 nitrogen and oxygen atoms in total. The number of halogens is 3. The van der Waals surface area contributed by atoms with E-state index in [-0.39, 0.29) is 50.8 Å². The Labute approximate surface area is 115 Å². The maximum Gasteiger partial charge on any atom is 0.471 e. The summed E-state index contributed by atoms with van der Waals surface area (Å²) in [5.74, 6) is -1.84. The Morgan fingerprint density at radius 2 is 2.25 bits per heavy atom. The first-order valence-corrected chi connectivity index (χ1v) is 4.27. The molecule has 1 unspecified atom stereocenters. The number of rotatable bonds is 2. The van der Waals surface area contributed by atoms with Gasteiger partial charge in [-0.3, -0.25) is 4.79 Å². The molecule has 0 aliphatic carbocycles. The number of morpholine rings is 1. The molecule has 0 spiro atoms. The van der Waals surface area contributed by atoms with E-state index in [4.69, 9.17) is 9.47 Å². The van der Waals surface area contributed by atoms with Crippen LogP contribution in [-0.2, 0) is 14.3 Å². The average molecular weight is 464 g/mol. The van der Waals surface area contributed by atoms with Crippen molar-refractivity contribution in [1.29, 1.82) is 0 Å². The van der Waals surface area contributed by atoms with Gasteiger partial charge in [-0.15, -0.1) is 0 Å². The topological polar surface area (TPSA) is 38.8 Å². The van der Waals surface area contributed by atoms with Gasteiger partial charge in [-0.2, -0.15) is 19.8 Å². The van der Waals surface area contributed by atoms with Crippen molar-refractivity contribution in [3.05, 3.63) is 6.61 Å². The van der Waals surface area contributed by atoms with Crippen LogP contribution < -0.4 is 0 Å². The normalized spacial score (nSPS) is 21.5. The second-order valence-electron chi connectivity index (χ2n) is 3.09. The zero-order chi connectivity index (χ0) is 11.5. The van der Waals surface area contributed by atoms with Crippen LogP contribution in [0.25, 0.3) is 0 Å². The predicted molar refractivity (Wildman–Crippen MR) is 43.7 cm³/mol. The van der Waals surface area contributed by atoms with Gasteiger partial charge in [0.2, 0.25) is 0 Å². The Balaban J connectivity index is 0.00000225. The van der Waals surface area contributed by atoms with Crippen molar-refractivity contribution in [1.82, 2.24) is 4.90 Å². The number of ether oxygens (including phenoxy) is 2. The summed E-state index contributed by atoms with van der Waals surface area (Å²) >= 11 is 0. The van der Waals surface area contributed by atoms with Crippen LogP contribution in [0.4, 0.5) is 13.2 Å². The quantitative estimate of drug-likeness (QED) is 0.562. The Bertz CT molecular complexity index is 235. The van der Waals surface area contributed by atoms with E-state index in [0.717, 1.165) is 0 Å². The number of nitrogens with zero attached hydrogens (tertiary/aromatic N) is 1. The molecule has 1 aliphatic heterocycles. The fourth-order valence-corrected chi connectivity index (χ4v) is 1.26. The zero-order valence-corrected chi connectivity index (χ0v) is 12.7. The van der Waals surface area contributed by atoms with Crippen molar-refractivity contribution in [2.75, 3.05) is 26.8 Å². The molecule has 1 saturated heterocycles. The number of amides is 1. The Morgan fingerprint density at radius 1 is 1.62 bits per heavy atom. The summed E-state index contributed by atoms with van der Waals surface area (Å²) in [4.78, 5) is 11.5. The Kier molecular flexibility index (Phi) is 6.94. The van der Waals surface area contributed by atoms with Crippen molar-refractivity contribution < 1.29 is 58.6 Å². The number of carbonyl (C=O) groups is 1. The van der Waals surface area contributed by atoms with Crippen molar-refractivity contribution in [2.24, 2.45) is 0 Å². The number of carbonyl (C=O) groups excluding carboxylic acids is 1. The molecule has 1 atom stereocenters. The van der Waals surface area contributed by atoms with E-state index in [1.54, 1.807) is 0 Å². The molecule has 0 aromatic rings. The summed E-state index contributed by atoms with van der Waals surface area (Å²) in [5.41, 5.74) is 0. The van der Waals surface area contributed by atoms with E-state index >= 15 is 0 Å². The summed E-state index contributed by atoms with van der Waals surface area (Å²) in [6.45, 7) is 1.07. The monoisotopic (exact) mass is 464 g/mol. The molecule has 1 aliphatic rings. The van der Waals surface area contributed by atoms with Crippen molar-refractivity contribution in [2.45, 2.75) is 12.3 Å². The molecule has 1 amide bonds. The average Bonchev–Trinajstić information content (AvgIpc) is 2.16. The summed E-state index contributed by atoms with van der Waals surface area (Å²) in [7, 11) is 1.41. The van der Waals surface area contributed by atoms with E-state index in [2.05, 4.69) is 0 Å². The first-order chi connectivity index (χ1) is 6.95. The van der Waals surface area contributed by atoms with Crippen LogP contribution >= 0.6 is 0 Å². The molecule has 0 N–H and O–H groups in total. The smallest absolute Gasteiger partial charge is 0.471 e. The summed E-state index contributed by atoms with van der Waals surface area (Å²) in [5, 5.41) is 0. The van der Waals surface area contributed by atoms with Crippen LogP contribution in [0.3, 0.4) is 0 Å². The van der Waals surface area contributed by atoms with Crippen LogP contribution in [0.15, 0.2) is 0 Å². The van der Waals surface area contributed by atoms with Crippen LogP contribution in [0.5, 0.6) is 0 Å². The van der Waals surface area contributed by atoms with E-state index in [0.29, 0.717) is 4.90 Å². The van der Waals surface area contributed by atoms with Gasteiger partial charge in [0.25, 0.3) is 0 Å². The Hall–Kier alpha value is 0.232. The summed E-state index contributed by atoms with van der Waals surface area (Å²) in [6, 6.07) is 0. The minimum absolute atomic E-state index is 0. The fraction of sp³-hybridized carbons (Fsp3) is 0.750. The first kappa shape index (κ1) is 16.2. The van der Waals surface area contributed by atoms with Gasteiger partial charge in [-0.1, -0.05) is 6.54 Å². The van der Waals surface area contributed by atoms with E-state index in [1.807, 2.05) is 0 Å². The van der Waals surface area contributed by atoms with E-state index in [1.165, 1.54) is 13.7 Å². The molecule has 0 radical (unpaired) electrons. The van der Waals surface area contributed by atoms with Gasteiger partial charge in [0.1, 0.15) is 0 Å². The SMILES string of the molecule is COCC1CN(C(=O)C(F)(F)F)C[CH-]O1.[U]. The van der Waals surface area contributed by atoms with Crippen molar-refractivity contribution in [3.8, 4) is 0 Å². The molecular formula is C8H11F3NO3U-. The van der Waals surface area contributed by atoms with Gasteiger partial charge in [0, 0.05) is 44.8 Å². The molecule has 1 rings (SSSR count). The molecular weight excluding hydrogens is 453 g/mol. The summed E-state index contributed by atoms with van der Waals surface area (Å²) in [6.07, 6.45) is -5.36. The van der Waals surface area contributed by atoms with Gasteiger partial charge in [0.05, 0.1) is 12.7 Å². The standard InChI is InChI=1S/C8H11F3NO3.U/c1-14-5-6-4-12(2-3-15-6)7(13)8(9,10)11;/h3,6H,2,4-5H2,1H3;/q-1;. The molecule has 1 fully saturated rings. The molecule has 92 valence electrons. The maximum atomic E-state index is 12.1. The molecule has 8 heteroatoms. The van der Waals surface area contributed by atoms with Crippen LogP contribution in [0, 0.1) is 37.7 Å². The number of methoxy groups -OCH3 is 1. The molecule has 1 heterocycles. The summed E-state index contributed by atoms with van der Waals surface area (Å²) < 4.78 is 45.9. The second-order valence-corrected chi connectivity index (χ2v) is 3.09. The fourth-order valence-electron chi connectivity index (χ4n) is 1.26. The van der Waals surface area contributed by atoms with Crippen molar-refractivity contribution >= 4 is 5.91 Å². The number of hydrogen-bond donors (Lipinski definition) is 0. The third-order valence-electron chi connectivity index (χ3n) is 1.89. The molecule has 0 saturated carbocycles. The zero-order valence-electron chi connectivity index (χ0n) is 8.58. The van der Waals surface area contributed by atoms with Crippen molar-refractivity contribution in [3.63, 3.8) is 0 Å². The van der Waals surface area contributed by atoms with Crippen LogP contribution in [0.1, 0.15) is 0 Å². The Morgan fingerprint density at radius 3 is 2.75 bits per heavy atom. The predicted octanol–water partition coefficient (Wildman–Crippen LogP) is 0.584. The van der Waals surface area contributed by atoms with E-state index in [9.17, 15) is 18.0 Å². The molecule has 0 aromatic carbocycles. The van der Waals surface area contributed by atoms with Gasteiger partial charge in [-0.25, -0.2) is 0 Å². The van der Waals surface area contributed by atoms with Gasteiger partial charge < -0.3 is 14.4 Å². The first-order valence-electron chi connectivity index (χ1n) is 4.27. The van der Waals surface area contributed by atoms with Gasteiger partial charge in [-0.05, 0) is 0 Å². The van der Waals surface area contributed by atoms with Gasteiger partial charge in [0.15, 0.2) is 0 Å². The maximum absolute atomic E-state index is 12.1. The van der Waals surface area contributed by atoms with Crippen LogP contribution in [0.2, 0.25) is 0 Å². The molecule has 0 bridgehead atoms. The minimum Gasteiger partial charge on any atom is -0.545 e. The second kappa shape index (κ2) is 6.84. The number of alkyl halides is 3. The van der Waals surface area contributed by atoms with Gasteiger partial charge >= 0.3 is 12.1 Å². The molecule has 16 heavy (non-hydrogen) atoms.